The van der Waals surface area contributed by atoms with Crippen molar-refractivity contribution in [2.45, 2.75) is 6.61 Å². The van der Waals surface area contributed by atoms with Crippen LogP contribution in [-0.2, 0) is 6.61 Å². The fourth-order valence-corrected chi connectivity index (χ4v) is 2.04. The fraction of sp³-hybridized carbons (Fsp3) is 0.235. The zero-order chi connectivity index (χ0) is 15.9. The number of ether oxygens (including phenoxy) is 4. The van der Waals surface area contributed by atoms with Crippen LogP contribution in [0.3, 0.4) is 0 Å². The highest BCUT2D eigenvalue weighted by atomic mass is 16.5. The molecule has 0 saturated heterocycles. The molecule has 0 aromatic heterocycles. The van der Waals surface area contributed by atoms with Crippen LogP contribution in [0.4, 0.5) is 0 Å². The van der Waals surface area contributed by atoms with Gasteiger partial charge in [-0.25, -0.2) is 0 Å². The summed E-state index contributed by atoms with van der Waals surface area (Å²) >= 11 is 0. The molecule has 116 valence electrons. The fourth-order valence-electron chi connectivity index (χ4n) is 2.04. The number of carbonyl (C=O) groups is 1. The van der Waals surface area contributed by atoms with E-state index in [2.05, 4.69) is 0 Å². The molecule has 0 heterocycles. The van der Waals surface area contributed by atoms with Crippen molar-refractivity contribution in [1.82, 2.24) is 0 Å². The molecule has 0 aliphatic rings. The highest BCUT2D eigenvalue weighted by molar-refractivity contribution is 5.82. The Labute approximate surface area is 129 Å². The van der Waals surface area contributed by atoms with Gasteiger partial charge in [-0.05, 0) is 29.8 Å². The lowest BCUT2D eigenvalue weighted by molar-refractivity contribution is 0.111. The van der Waals surface area contributed by atoms with E-state index < -0.39 is 0 Å². The lowest BCUT2D eigenvalue weighted by Crippen LogP contribution is -2.02. The van der Waals surface area contributed by atoms with Crippen molar-refractivity contribution in [3.05, 3.63) is 47.5 Å². The second kappa shape index (κ2) is 7.36. The van der Waals surface area contributed by atoms with E-state index in [4.69, 9.17) is 18.9 Å². The molecule has 0 radical (unpaired) electrons. The van der Waals surface area contributed by atoms with Crippen molar-refractivity contribution in [2.24, 2.45) is 0 Å². The minimum Gasteiger partial charge on any atom is -0.497 e. The number of benzene rings is 2. The zero-order valence-corrected chi connectivity index (χ0v) is 12.8. The third-order valence-electron chi connectivity index (χ3n) is 3.20. The predicted octanol–water partition coefficient (Wildman–Crippen LogP) is 3.10. The Morgan fingerprint density at radius 3 is 2.14 bits per heavy atom. The number of hydrogen-bond donors (Lipinski definition) is 0. The van der Waals surface area contributed by atoms with Gasteiger partial charge in [-0.3, -0.25) is 4.79 Å². The smallest absolute Gasteiger partial charge is 0.204 e. The largest absolute Gasteiger partial charge is 0.497 e. The van der Waals surface area contributed by atoms with Gasteiger partial charge in [0.15, 0.2) is 17.8 Å². The van der Waals surface area contributed by atoms with Crippen molar-refractivity contribution >= 4 is 6.29 Å². The maximum atomic E-state index is 11.1. The van der Waals surface area contributed by atoms with Gasteiger partial charge in [-0.2, -0.15) is 0 Å². The van der Waals surface area contributed by atoms with Crippen LogP contribution in [0, 0.1) is 0 Å². The highest BCUT2D eigenvalue weighted by Crippen LogP contribution is 2.39. The van der Waals surface area contributed by atoms with Crippen molar-refractivity contribution in [1.29, 1.82) is 0 Å². The van der Waals surface area contributed by atoms with Gasteiger partial charge in [0.05, 0.1) is 26.9 Å². The molecule has 0 unspecified atom stereocenters. The Hall–Kier alpha value is -2.69. The molecule has 0 spiro atoms. The van der Waals surface area contributed by atoms with Crippen LogP contribution in [0.2, 0.25) is 0 Å². The second-order valence-electron chi connectivity index (χ2n) is 4.47. The standard InChI is InChI=1S/C17H18O5/c1-19-14-7-4-12(5-8-14)11-22-17-15(20-2)9-6-13(10-18)16(17)21-3/h4-10H,11H2,1-3H3. The minimum atomic E-state index is 0.318. The molecule has 0 N–H and O–H groups in total. The van der Waals surface area contributed by atoms with E-state index in [1.807, 2.05) is 24.3 Å². The first kappa shape index (κ1) is 15.7. The quantitative estimate of drug-likeness (QED) is 0.736. The van der Waals surface area contributed by atoms with Crippen LogP contribution < -0.4 is 18.9 Å². The third-order valence-corrected chi connectivity index (χ3v) is 3.20. The second-order valence-corrected chi connectivity index (χ2v) is 4.47. The maximum Gasteiger partial charge on any atom is 0.204 e. The van der Waals surface area contributed by atoms with Crippen LogP contribution in [-0.4, -0.2) is 27.6 Å². The van der Waals surface area contributed by atoms with Crippen LogP contribution in [0.15, 0.2) is 36.4 Å². The van der Waals surface area contributed by atoms with Gasteiger partial charge in [0, 0.05) is 0 Å². The van der Waals surface area contributed by atoms with Crippen molar-refractivity contribution in [3.8, 4) is 23.0 Å². The summed E-state index contributed by atoms with van der Waals surface area (Å²) in [5.74, 6) is 2.06. The lowest BCUT2D eigenvalue weighted by Gasteiger charge is -2.15. The first-order valence-electron chi connectivity index (χ1n) is 6.69. The molecule has 0 atom stereocenters. The summed E-state index contributed by atoms with van der Waals surface area (Å²) in [6.45, 7) is 0.318. The molecule has 0 aliphatic carbocycles. The molecule has 0 saturated carbocycles. The summed E-state index contributed by atoms with van der Waals surface area (Å²) in [7, 11) is 4.64. The highest BCUT2D eigenvalue weighted by Gasteiger charge is 2.16. The Kier molecular flexibility index (Phi) is 5.25. The first-order chi connectivity index (χ1) is 10.7. The van der Waals surface area contributed by atoms with E-state index in [0.717, 1.165) is 17.6 Å². The zero-order valence-electron chi connectivity index (χ0n) is 12.8. The summed E-state index contributed by atoms with van der Waals surface area (Å²) in [4.78, 5) is 11.1. The SMILES string of the molecule is COc1ccc(COc2c(OC)ccc(C=O)c2OC)cc1. The van der Waals surface area contributed by atoms with E-state index in [1.54, 1.807) is 19.2 Å². The predicted molar refractivity (Wildman–Crippen MR) is 82.3 cm³/mol. The Balaban J connectivity index is 2.25. The topological polar surface area (TPSA) is 54.0 Å². The first-order valence-corrected chi connectivity index (χ1v) is 6.69. The number of rotatable bonds is 7. The van der Waals surface area contributed by atoms with Gasteiger partial charge in [0.1, 0.15) is 12.4 Å². The number of hydrogen-bond acceptors (Lipinski definition) is 5. The summed E-state index contributed by atoms with van der Waals surface area (Å²) in [5, 5.41) is 0. The van der Waals surface area contributed by atoms with E-state index in [0.29, 0.717) is 29.4 Å². The van der Waals surface area contributed by atoms with Gasteiger partial charge in [0.2, 0.25) is 5.75 Å². The van der Waals surface area contributed by atoms with Gasteiger partial charge in [-0.15, -0.1) is 0 Å². The van der Waals surface area contributed by atoms with E-state index in [9.17, 15) is 4.79 Å². The average molecular weight is 302 g/mol. The summed E-state index contributed by atoms with van der Waals surface area (Å²) in [5.41, 5.74) is 1.37. The summed E-state index contributed by atoms with van der Waals surface area (Å²) in [6.07, 6.45) is 0.721. The summed E-state index contributed by atoms with van der Waals surface area (Å²) in [6, 6.07) is 10.8. The van der Waals surface area contributed by atoms with Crippen LogP contribution in [0.5, 0.6) is 23.0 Å². The number of aldehydes is 1. The van der Waals surface area contributed by atoms with Gasteiger partial charge in [-0.1, -0.05) is 12.1 Å². The molecule has 0 amide bonds. The molecular formula is C17H18O5. The third kappa shape index (κ3) is 3.31. The molecule has 0 bridgehead atoms. The molecule has 0 aliphatic heterocycles. The molecule has 5 nitrogen and oxygen atoms in total. The molecule has 2 aromatic carbocycles. The van der Waals surface area contributed by atoms with Crippen LogP contribution >= 0.6 is 0 Å². The van der Waals surface area contributed by atoms with E-state index >= 15 is 0 Å². The molecular weight excluding hydrogens is 284 g/mol. The lowest BCUT2D eigenvalue weighted by atomic mass is 10.2. The minimum absolute atomic E-state index is 0.318. The van der Waals surface area contributed by atoms with Gasteiger partial charge in [0.25, 0.3) is 0 Å². The molecule has 2 aromatic rings. The normalized spacial score (nSPS) is 9.95. The summed E-state index contributed by atoms with van der Waals surface area (Å²) < 4.78 is 21.5. The van der Waals surface area contributed by atoms with Crippen molar-refractivity contribution in [3.63, 3.8) is 0 Å². The molecule has 22 heavy (non-hydrogen) atoms. The van der Waals surface area contributed by atoms with E-state index in [-0.39, 0.29) is 0 Å². The molecule has 0 fully saturated rings. The van der Waals surface area contributed by atoms with Crippen molar-refractivity contribution in [2.75, 3.05) is 21.3 Å². The Morgan fingerprint density at radius 1 is 0.864 bits per heavy atom. The Bertz CT molecular complexity index is 634. The molecule has 5 heteroatoms. The van der Waals surface area contributed by atoms with Crippen LogP contribution in [0.1, 0.15) is 15.9 Å². The number of carbonyl (C=O) groups excluding carboxylic acids is 1. The van der Waals surface area contributed by atoms with Crippen molar-refractivity contribution < 1.29 is 23.7 Å². The van der Waals surface area contributed by atoms with Crippen LogP contribution in [0.25, 0.3) is 0 Å². The monoisotopic (exact) mass is 302 g/mol. The van der Waals surface area contributed by atoms with Gasteiger partial charge >= 0.3 is 0 Å². The Morgan fingerprint density at radius 2 is 1.59 bits per heavy atom. The van der Waals surface area contributed by atoms with Gasteiger partial charge < -0.3 is 18.9 Å². The van der Waals surface area contributed by atoms with E-state index in [1.165, 1.54) is 14.2 Å². The molecule has 2 rings (SSSR count). The number of methoxy groups -OCH3 is 3. The average Bonchev–Trinajstić information content (AvgIpc) is 2.59. The maximum absolute atomic E-state index is 11.1.